The summed E-state index contributed by atoms with van der Waals surface area (Å²) in [5.41, 5.74) is 5.40. The highest BCUT2D eigenvalue weighted by atomic mass is 16.5. The number of aryl methyl sites for hydroxylation is 2. The van der Waals surface area contributed by atoms with Gasteiger partial charge in [-0.3, -0.25) is 9.48 Å². The summed E-state index contributed by atoms with van der Waals surface area (Å²) >= 11 is 0. The molecule has 6 nitrogen and oxygen atoms in total. The predicted octanol–water partition coefficient (Wildman–Crippen LogP) is 4.41. The van der Waals surface area contributed by atoms with Crippen molar-refractivity contribution in [2.45, 2.75) is 27.3 Å². The van der Waals surface area contributed by atoms with Gasteiger partial charge in [0.15, 0.2) is 0 Å². The summed E-state index contributed by atoms with van der Waals surface area (Å²) in [4.78, 5) is 12.6. The van der Waals surface area contributed by atoms with Crippen LogP contribution in [0.15, 0.2) is 54.1 Å². The number of anilines is 1. The largest absolute Gasteiger partial charge is 0.497 e. The molecule has 0 aliphatic rings. The maximum Gasteiger partial charge on any atom is 0.266 e. The second-order valence-corrected chi connectivity index (χ2v) is 7.08. The molecule has 0 fully saturated rings. The van der Waals surface area contributed by atoms with Gasteiger partial charge in [0.05, 0.1) is 19.3 Å². The van der Waals surface area contributed by atoms with E-state index in [9.17, 15) is 10.1 Å². The van der Waals surface area contributed by atoms with Gasteiger partial charge in [-0.1, -0.05) is 29.8 Å². The van der Waals surface area contributed by atoms with Crippen molar-refractivity contribution in [3.63, 3.8) is 0 Å². The lowest BCUT2D eigenvalue weighted by Crippen LogP contribution is -2.13. The molecule has 0 aliphatic heterocycles. The Labute approximate surface area is 176 Å². The molecule has 1 amide bonds. The zero-order valence-corrected chi connectivity index (χ0v) is 17.6. The van der Waals surface area contributed by atoms with Gasteiger partial charge in [0.2, 0.25) is 0 Å². The number of nitrogens with zero attached hydrogens (tertiary/aromatic N) is 3. The summed E-state index contributed by atoms with van der Waals surface area (Å²) in [6.45, 7) is 6.49. The van der Waals surface area contributed by atoms with Crippen LogP contribution in [0.3, 0.4) is 0 Å². The van der Waals surface area contributed by atoms with E-state index in [0.717, 1.165) is 22.5 Å². The number of methoxy groups -OCH3 is 1. The molecule has 0 saturated heterocycles. The fourth-order valence-corrected chi connectivity index (χ4v) is 3.11. The van der Waals surface area contributed by atoms with Crippen LogP contribution in [0.25, 0.3) is 6.08 Å². The number of hydrogen-bond acceptors (Lipinski definition) is 4. The molecule has 1 aromatic heterocycles. The first-order valence-corrected chi connectivity index (χ1v) is 9.58. The third-order valence-corrected chi connectivity index (χ3v) is 4.89. The van der Waals surface area contributed by atoms with E-state index >= 15 is 0 Å². The molecule has 3 rings (SSSR count). The van der Waals surface area contributed by atoms with Gasteiger partial charge in [0.1, 0.15) is 17.4 Å². The molecule has 0 bridgehead atoms. The average molecular weight is 400 g/mol. The van der Waals surface area contributed by atoms with Crippen molar-refractivity contribution < 1.29 is 9.53 Å². The van der Waals surface area contributed by atoms with Crippen molar-refractivity contribution >= 4 is 17.7 Å². The van der Waals surface area contributed by atoms with Gasteiger partial charge in [-0.15, -0.1) is 0 Å². The van der Waals surface area contributed by atoms with E-state index in [4.69, 9.17) is 4.74 Å². The summed E-state index contributed by atoms with van der Waals surface area (Å²) < 4.78 is 7.00. The standard InChI is InChI=1S/C24H24N4O2/c1-16-5-7-19(8-6-16)15-28-18(3)23(17(2)27-28)13-20(14-25)24(29)26-21-9-11-22(30-4)12-10-21/h5-13H,15H2,1-4H3,(H,26,29)/b20-13+. The zero-order valence-electron chi connectivity index (χ0n) is 17.6. The Morgan fingerprint density at radius 1 is 1.13 bits per heavy atom. The fourth-order valence-electron chi connectivity index (χ4n) is 3.11. The van der Waals surface area contributed by atoms with Gasteiger partial charge < -0.3 is 10.1 Å². The number of hydrogen-bond donors (Lipinski definition) is 1. The lowest BCUT2D eigenvalue weighted by Gasteiger charge is -2.06. The van der Waals surface area contributed by atoms with Gasteiger partial charge in [0.25, 0.3) is 5.91 Å². The van der Waals surface area contributed by atoms with Crippen LogP contribution in [0.2, 0.25) is 0 Å². The Balaban J connectivity index is 1.82. The first kappa shape index (κ1) is 20.9. The quantitative estimate of drug-likeness (QED) is 0.491. The lowest BCUT2D eigenvalue weighted by molar-refractivity contribution is -0.112. The molecule has 1 heterocycles. The third kappa shape index (κ3) is 4.76. The predicted molar refractivity (Wildman–Crippen MR) is 117 cm³/mol. The molecule has 0 radical (unpaired) electrons. The molecule has 152 valence electrons. The van der Waals surface area contributed by atoms with Crippen LogP contribution in [0.5, 0.6) is 5.75 Å². The minimum atomic E-state index is -0.465. The van der Waals surface area contributed by atoms with Crippen LogP contribution in [0.1, 0.15) is 28.1 Å². The number of benzene rings is 2. The molecule has 2 aromatic carbocycles. The van der Waals surface area contributed by atoms with Gasteiger partial charge >= 0.3 is 0 Å². The second kappa shape index (κ2) is 9.10. The highest BCUT2D eigenvalue weighted by Crippen LogP contribution is 2.20. The minimum absolute atomic E-state index is 0.0203. The molecule has 0 atom stereocenters. The van der Waals surface area contributed by atoms with E-state index in [1.165, 1.54) is 5.56 Å². The number of rotatable bonds is 6. The number of aromatic nitrogens is 2. The maximum atomic E-state index is 12.6. The fraction of sp³-hybridized carbons (Fsp3) is 0.208. The summed E-state index contributed by atoms with van der Waals surface area (Å²) in [6.07, 6.45) is 1.60. The summed E-state index contributed by atoms with van der Waals surface area (Å²) in [7, 11) is 1.58. The van der Waals surface area contributed by atoms with Gasteiger partial charge in [-0.2, -0.15) is 10.4 Å². The summed E-state index contributed by atoms with van der Waals surface area (Å²) in [6, 6.07) is 17.2. The van der Waals surface area contributed by atoms with Crippen LogP contribution in [0.4, 0.5) is 5.69 Å². The van der Waals surface area contributed by atoms with Gasteiger partial charge in [0, 0.05) is 16.9 Å². The molecule has 0 aliphatic carbocycles. The van der Waals surface area contributed by atoms with Crippen LogP contribution >= 0.6 is 0 Å². The SMILES string of the molecule is COc1ccc(NC(=O)/C(C#N)=C/c2c(C)nn(Cc3ccc(C)cc3)c2C)cc1. The van der Waals surface area contributed by atoms with Crippen molar-refractivity contribution in [1.29, 1.82) is 5.26 Å². The lowest BCUT2D eigenvalue weighted by atomic mass is 10.1. The Morgan fingerprint density at radius 3 is 2.40 bits per heavy atom. The van der Waals surface area contributed by atoms with Crippen LogP contribution in [-0.2, 0) is 11.3 Å². The average Bonchev–Trinajstić information content (AvgIpc) is 3.01. The Morgan fingerprint density at radius 2 is 1.80 bits per heavy atom. The number of amides is 1. The molecular formula is C24H24N4O2. The van der Waals surface area contributed by atoms with E-state index in [-0.39, 0.29) is 5.57 Å². The zero-order chi connectivity index (χ0) is 21.7. The first-order valence-electron chi connectivity index (χ1n) is 9.58. The first-order chi connectivity index (χ1) is 14.4. The van der Waals surface area contributed by atoms with E-state index in [2.05, 4.69) is 41.6 Å². The smallest absolute Gasteiger partial charge is 0.266 e. The molecule has 30 heavy (non-hydrogen) atoms. The van der Waals surface area contributed by atoms with Crippen molar-refractivity contribution in [1.82, 2.24) is 9.78 Å². The number of nitriles is 1. The Hall–Kier alpha value is -3.85. The monoisotopic (exact) mass is 400 g/mol. The molecule has 0 unspecified atom stereocenters. The van der Waals surface area contributed by atoms with E-state index < -0.39 is 5.91 Å². The van der Waals surface area contributed by atoms with E-state index in [1.807, 2.05) is 24.6 Å². The molecule has 0 spiro atoms. The van der Waals surface area contributed by atoms with Crippen LogP contribution in [0, 0.1) is 32.1 Å². The highest BCUT2D eigenvalue weighted by Gasteiger charge is 2.15. The van der Waals surface area contributed by atoms with E-state index in [1.54, 1.807) is 37.5 Å². The maximum absolute atomic E-state index is 12.6. The number of carbonyl (C=O) groups excluding carboxylic acids is 1. The number of nitrogens with one attached hydrogen (secondary N) is 1. The van der Waals surface area contributed by atoms with Crippen LogP contribution in [-0.4, -0.2) is 22.8 Å². The minimum Gasteiger partial charge on any atom is -0.497 e. The highest BCUT2D eigenvalue weighted by molar-refractivity contribution is 6.09. The van der Waals surface area contributed by atoms with Crippen molar-refractivity contribution in [3.05, 3.63) is 82.2 Å². The van der Waals surface area contributed by atoms with E-state index in [0.29, 0.717) is 18.0 Å². The van der Waals surface area contributed by atoms with Gasteiger partial charge in [-0.05, 0) is 56.7 Å². The molecule has 3 aromatic rings. The van der Waals surface area contributed by atoms with Crippen LogP contribution < -0.4 is 10.1 Å². The topological polar surface area (TPSA) is 79.9 Å². The normalized spacial score (nSPS) is 11.1. The molecule has 1 N–H and O–H groups in total. The number of carbonyl (C=O) groups is 1. The molecule has 0 saturated carbocycles. The Kier molecular flexibility index (Phi) is 6.33. The summed E-state index contributed by atoms with van der Waals surface area (Å²) in [5, 5.41) is 16.9. The van der Waals surface area contributed by atoms with Crippen molar-refractivity contribution in [2.24, 2.45) is 0 Å². The molecule has 6 heteroatoms. The summed E-state index contributed by atoms with van der Waals surface area (Å²) in [5.74, 6) is 0.226. The number of ether oxygens (including phenoxy) is 1. The molecular weight excluding hydrogens is 376 g/mol. The third-order valence-electron chi connectivity index (χ3n) is 4.89. The second-order valence-electron chi connectivity index (χ2n) is 7.08. The van der Waals surface area contributed by atoms with Crippen molar-refractivity contribution in [3.8, 4) is 11.8 Å². The Bertz CT molecular complexity index is 1120. The van der Waals surface area contributed by atoms with Gasteiger partial charge in [-0.25, -0.2) is 0 Å². The van der Waals surface area contributed by atoms with Crippen molar-refractivity contribution in [2.75, 3.05) is 12.4 Å².